The predicted molar refractivity (Wildman–Crippen MR) is 82.7 cm³/mol. The van der Waals surface area contributed by atoms with Crippen molar-refractivity contribution in [3.8, 4) is 0 Å². The molecule has 2 nitrogen and oxygen atoms in total. The van der Waals surface area contributed by atoms with Crippen molar-refractivity contribution in [1.82, 2.24) is 5.32 Å². The molecule has 2 aromatic rings. The first-order valence-electron chi connectivity index (χ1n) is 6.23. The van der Waals surface area contributed by atoms with Crippen LogP contribution < -0.4 is 5.32 Å². The van der Waals surface area contributed by atoms with E-state index in [0.717, 1.165) is 18.7 Å². The summed E-state index contributed by atoms with van der Waals surface area (Å²) >= 11 is 2.43. The van der Waals surface area contributed by atoms with Gasteiger partial charge in [0.05, 0.1) is 6.26 Å². The molecule has 0 aliphatic carbocycles. The zero-order valence-electron chi connectivity index (χ0n) is 10.7. The molecular weight excluding hydrogens is 337 g/mol. The van der Waals surface area contributed by atoms with Crippen LogP contribution in [0.3, 0.4) is 0 Å². The Labute approximate surface area is 122 Å². The summed E-state index contributed by atoms with van der Waals surface area (Å²) in [6.07, 6.45) is 2.62. The minimum absolute atomic E-state index is 0.313. The number of benzene rings is 1. The molecule has 3 heteroatoms. The van der Waals surface area contributed by atoms with Crippen molar-refractivity contribution < 1.29 is 4.42 Å². The van der Waals surface area contributed by atoms with Gasteiger partial charge < -0.3 is 9.73 Å². The van der Waals surface area contributed by atoms with Gasteiger partial charge in [0.1, 0.15) is 5.76 Å². The van der Waals surface area contributed by atoms with E-state index >= 15 is 0 Å². The fourth-order valence-electron chi connectivity index (χ4n) is 2.11. The summed E-state index contributed by atoms with van der Waals surface area (Å²) in [5.74, 6) is 1.03. The van der Waals surface area contributed by atoms with E-state index in [4.69, 9.17) is 4.42 Å². The molecule has 18 heavy (non-hydrogen) atoms. The summed E-state index contributed by atoms with van der Waals surface area (Å²) in [6.45, 7) is 5.24. The third kappa shape index (κ3) is 3.14. The van der Waals surface area contributed by atoms with Crippen LogP contribution in [0.25, 0.3) is 0 Å². The summed E-state index contributed by atoms with van der Waals surface area (Å²) < 4.78 is 6.80. The van der Waals surface area contributed by atoms with E-state index in [1.165, 1.54) is 14.7 Å². The summed E-state index contributed by atoms with van der Waals surface area (Å²) in [4.78, 5) is 0. The van der Waals surface area contributed by atoms with Gasteiger partial charge in [-0.15, -0.1) is 0 Å². The van der Waals surface area contributed by atoms with Crippen molar-refractivity contribution in [2.45, 2.75) is 26.3 Å². The average molecular weight is 355 g/mol. The number of hydrogen-bond acceptors (Lipinski definition) is 2. The number of furan rings is 1. The van der Waals surface area contributed by atoms with Crippen molar-refractivity contribution in [3.05, 3.63) is 57.1 Å². The molecule has 2 rings (SSSR count). The lowest BCUT2D eigenvalue weighted by Gasteiger charge is -2.19. The first-order valence-corrected chi connectivity index (χ1v) is 7.31. The van der Waals surface area contributed by atoms with Gasteiger partial charge >= 0.3 is 0 Å². The molecule has 1 aromatic heterocycles. The van der Waals surface area contributed by atoms with E-state index in [1.807, 2.05) is 12.1 Å². The minimum atomic E-state index is 0.313. The van der Waals surface area contributed by atoms with Gasteiger partial charge in [-0.05, 0) is 59.3 Å². The van der Waals surface area contributed by atoms with E-state index < -0.39 is 0 Å². The molecule has 0 radical (unpaired) electrons. The van der Waals surface area contributed by atoms with Crippen LogP contribution in [0.2, 0.25) is 0 Å². The number of halogens is 1. The molecule has 0 amide bonds. The zero-order chi connectivity index (χ0) is 13.0. The first-order chi connectivity index (χ1) is 8.72. The summed E-state index contributed by atoms with van der Waals surface area (Å²) in [5, 5.41) is 3.54. The number of rotatable bonds is 5. The molecule has 0 saturated carbocycles. The summed E-state index contributed by atoms with van der Waals surface area (Å²) in [5.41, 5.74) is 2.68. The van der Waals surface area contributed by atoms with Crippen molar-refractivity contribution in [3.63, 3.8) is 0 Å². The molecule has 1 aromatic carbocycles. The lowest BCUT2D eigenvalue weighted by atomic mass is 10.0. The normalized spacial score (nSPS) is 12.6. The van der Waals surface area contributed by atoms with Crippen LogP contribution in [0.15, 0.2) is 41.0 Å². The third-order valence-electron chi connectivity index (χ3n) is 3.03. The maximum absolute atomic E-state index is 5.46. The zero-order valence-corrected chi connectivity index (χ0v) is 12.9. The highest BCUT2D eigenvalue weighted by Gasteiger charge is 2.16. The molecule has 0 spiro atoms. The maximum atomic E-state index is 5.46. The standard InChI is InChI=1S/C15H18INO/c1-3-17-14(10-12-7-5-9-18-12)13-8-4-6-11(2)15(13)16/h4-9,14,17H,3,10H2,1-2H3. The fourth-order valence-corrected chi connectivity index (χ4v) is 2.84. The Kier molecular flexibility index (Phi) is 4.83. The van der Waals surface area contributed by atoms with Gasteiger partial charge in [-0.3, -0.25) is 0 Å². The highest BCUT2D eigenvalue weighted by Crippen LogP contribution is 2.25. The van der Waals surface area contributed by atoms with Gasteiger partial charge in [0, 0.05) is 16.0 Å². The minimum Gasteiger partial charge on any atom is -0.469 e. The Hall–Kier alpha value is -0.810. The van der Waals surface area contributed by atoms with Crippen molar-refractivity contribution >= 4 is 22.6 Å². The van der Waals surface area contributed by atoms with Crippen LogP contribution in [-0.2, 0) is 6.42 Å². The monoisotopic (exact) mass is 355 g/mol. The fraction of sp³-hybridized carbons (Fsp3) is 0.333. The van der Waals surface area contributed by atoms with Gasteiger partial charge in [0.2, 0.25) is 0 Å². The van der Waals surface area contributed by atoms with E-state index in [2.05, 4.69) is 60.0 Å². The second-order valence-corrected chi connectivity index (χ2v) is 5.45. The third-order valence-corrected chi connectivity index (χ3v) is 4.51. The van der Waals surface area contributed by atoms with Crippen LogP contribution in [0.5, 0.6) is 0 Å². The largest absolute Gasteiger partial charge is 0.469 e. The van der Waals surface area contributed by atoms with Gasteiger partial charge in [-0.25, -0.2) is 0 Å². The first kappa shape index (κ1) is 13.6. The second-order valence-electron chi connectivity index (χ2n) is 4.37. The lowest BCUT2D eigenvalue weighted by Crippen LogP contribution is -2.23. The highest BCUT2D eigenvalue weighted by molar-refractivity contribution is 14.1. The number of likely N-dealkylation sites (N-methyl/N-ethyl adjacent to an activating group) is 1. The second kappa shape index (κ2) is 6.38. The van der Waals surface area contributed by atoms with Crippen molar-refractivity contribution in [2.24, 2.45) is 0 Å². The Bertz CT molecular complexity index is 493. The van der Waals surface area contributed by atoms with E-state index in [9.17, 15) is 0 Å². The molecule has 96 valence electrons. The molecule has 0 bridgehead atoms. The van der Waals surface area contributed by atoms with Crippen molar-refractivity contribution in [2.75, 3.05) is 6.54 Å². The van der Waals surface area contributed by atoms with Crippen LogP contribution >= 0.6 is 22.6 Å². The summed E-state index contributed by atoms with van der Waals surface area (Å²) in [6, 6.07) is 10.8. The molecule has 1 N–H and O–H groups in total. The quantitative estimate of drug-likeness (QED) is 0.818. The molecule has 0 saturated heterocycles. The van der Waals surface area contributed by atoms with E-state index in [0.29, 0.717) is 6.04 Å². The molecule has 1 unspecified atom stereocenters. The molecule has 1 heterocycles. The topological polar surface area (TPSA) is 25.2 Å². The van der Waals surface area contributed by atoms with Crippen molar-refractivity contribution in [1.29, 1.82) is 0 Å². The SMILES string of the molecule is CCNC(Cc1ccco1)c1cccc(C)c1I. The molecule has 0 fully saturated rings. The predicted octanol–water partition coefficient (Wildman–Crippen LogP) is 4.09. The van der Waals surface area contributed by atoms with Gasteiger partial charge in [0.15, 0.2) is 0 Å². The number of nitrogens with one attached hydrogen (secondary N) is 1. The van der Waals surface area contributed by atoms with E-state index in [1.54, 1.807) is 6.26 Å². The van der Waals surface area contributed by atoms with Gasteiger partial charge in [-0.2, -0.15) is 0 Å². The van der Waals surface area contributed by atoms with Crippen LogP contribution in [0.4, 0.5) is 0 Å². The number of aryl methyl sites for hydroxylation is 1. The number of hydrogen-bond donors (Lipinski definition) is 1. The highest BCUT2D eigenvalue weighted by atomic mass is 127. The van der Waals surface area contributed by atoms with Crippen LogP contribution in [0.1, 0.15) is 29.9 Å². The lowest BCUT2D eigenvalue weighted by molar-refractivity contribution is 0.454. The van der Waals surface area contributed by atoms with Crippen LogP contribution in [-0.4, -0.2) is 6.54 Å². The van der Waals surface area contributed by atoms with Gasteiger partial charge in [0.25, 0.3) is 0 Å². The van der Waals surface area contributed by atoms with Gasteiger partial charge in [-0.1, -0.05) is 25.1 Å². The van der Waals surface area contributed by atoms with Crippen LogP contribution in [0, 0.1) is 10.5 Å². The molecular formula is C15H18INO. The molecule has 0 aliphatic rings. The average Bonchev–Trinajstić information content (AvgIpc) is 2.85. The smallest absolute Gasteiger partial charge is 0.105 e. The Morgan fingerprint density at radius 3 is 2.78 bits per heavy atom. The van der Waals surface area contributed by atoms with E-state index in [-0.39, 0.29) is 0 Å². The Balaban J connectivity index is 2.26. The Morgan fingerprint density at radius 2 is 2.11 bits per heavy atom. The maximum Gasteiger partial charge on any atom is 0.105 e. The molecule has 1 atom stereocenters. The molecule has 0 aliphatic heterocycles. The summed E-state index contributed by atoms with van der Waals surface area (Å²) in [7, 11) is 0. The Morgan fingerprint density at radius 1 is 1.28 bits per heavy atom.